The molecule has 2 rings (SSSR count). The van der Waals surface area contributed by atoms with Crippen molar-refractivity contribution in [1.82, 2.24) is 5.01 Å². The zero-order valence-electron chi connectivity index (χ0n) is 9.35. The molecule has 0 unspecified atom stereocenters. The van der Waals surface area contributed by atoms with Crippen LogP contribution in [0.1, 0.15) is 26.5 Å². The number of hydrogen-bond acceptors (Lipinski definition) is 4. The number of hydrazone groups is 1. The molecule has 0 N–H and O–H groups in total. The number of ketones is 1. The molecule has 0 aliphatic carbocycles. The van der Waals surface area contributed by atoms with Gasteiger partial charge in [0.1, 0.15) is 0 Å². The summed E-state index contributed by atoms with van der Waals surface area (Å²) < 4.78 is 5.07. The van der Waals surface area contributed by atoms with Crippen LogP contribution in [0.15, 0.2) is 27.9 Å². The van der Waals surface area contributed by atoms with Crippen molar-refractivity contribution in [3.05, 3.63) is 24.2 Å². The maximum atomic E-state index is 11.7. The van der Waals surface area contributed by atoms with Crippen LogP contribution < -0.4 is 0 Å². The van der Waals surface area contributed by atoms with Crippen molar-refractivity contribution in [2.75, 3.05) is 0 Å². The summed E-state index contributed by atoms with van der Waals surface area (Å²) in [5.41, 5.74) is -0.439. The molecule has 1 aliphatic heterocycles. The number of carbonyl (C=O) groups is 2. The van der Waals surface area contributed by atoms with Crippen LogP contribution in [-0.2, 0) is 9.59 Å². The van der Waals surface area contributed by atoms with E-state index in [1.807, 2.05) is 20.8 Å². The van der Waals surface area contributed by atoms with Gasteiger partial charge in [-0.15, -0.1) is 0 Å². The molecule has 0 saturated heterocycles. The van der Waals surface area contributed by atoms with Gasteiger partial charge < -0.3 is 4.42 Å². The molecule has 0 saturated carbocycles. The van der Waals surface area contributed by atoms with Gasteiger partial charge >= 0.3 is 5.91 Å². The monoisotopic (exact) mass is 220 g/mol. The summed E-state index contributed by atoms with van der Waals surface area (Å²) in [5.74, 6) is -0.908. The predicted molar refractivity (Wildman–Crippen MR) is 56.9 cm³/mol. The lowest BCUT2D eigenvalue weighted by atomic mass is 10.1. The summed E-state index contributed by atoms with van der Waals surface area (Å²) in [6.07, 6.45) is 1.44. The first-order valence-corrected chi connectivity index (χ1v) is 4.92. The quantitative estimate of drug-likeness (QED) is 0.668. The third-order valence-electron chi connectivity index (χ3n) is 2.19. The summed E-state index contributed by atoms with van der Waals surface area (Å²) in [6, 6.07) is 3.26. The molecular formula is C11H12N2O3. The maximum Gasteiger partial charge on any atom is 0.317 e. The molecule has 2 heterocycles. The largest absolute Gasteiger partial charge is 0.462 e. The third-order valence-corrected chi connectivity index (χ3v) is 2.19. The number of carbonyl (C=O) groups excluding carboxylic acids is 2. The van der Waals surface area contributed by atoms with Crippen molar-refractivity contribution in [1.29, 1.82) is 0 Å². The molecule has 1 aliphatic rings. The summed E-state index contributed by atoms with van der Waals surface area (Å²) in [5, 5.41) is 5.21. The number of furan rings is 1. The van der Waals surface area contributed by atoms with Gasteiger partial charge in [-0.3, -0.25) is 9.59 Å². The van der Waals surface area contributed by atoms with Gasteiger partial charge in [-0.25, -0.2) is 5.01 Å². The van der Waals surface area contributed by atoms with Crippen molar-refractivity contribution in [2.45, 2.75) is 26.3 Å². The highest BCUT2D eigenvalue weighted by Crippen LogP contribution is 2.21. The number of amides is 1. The standard InChI is InChI=1S/C11H12N2O3/c1-11(2,3)13-10(15)9(14)8(12-13)7-5-4-6-16-7/h4-6H,1-3H3. The van der Waals surface area contributed by atoms with Gasteiger partial charge in [0, 0.05) is 0 Å². The van der Waals surface area contributed by atoms with Crippen LogP contribution in [0.3, 0.4) is 0 Å². The van der Waals surface area contributed by atoms with E-state index in [0.29, 0.717) is 5.76 Å². The van der Waals surface area contributed by atoms with Crippen molar-refractivity contribution in [2.24, 2.45) is 5.10 Å². The van der Waals surface area contributed by atoms with Crippen molar-refractivity contribution in [3.63, 3.8) is 0 Å². The van der Waals surface area contributed by atoms with Gasteiger partial charge in [0.05, 0.1) is 11.8 Å². The highest BCUT2D eigenvalue weighted by molar-refractivity contribution is 6.69. The van der Waals surface area contributed by atoms with Crippen molar-refractivity contribution < 1.29 is 14.0 Å². The van der Waals surface area contributed by atoms with Crippen LogP contribution in [-0.4, -0.2) is 27.9 Å². The minimum atomic E-state index is -0.620. The Balaban J connectivity index is 2.42. The Bertz CT molecular complexity index is 466. The minimum absolute atomic E-state index is 0.0740. The average molecular weight is 220 g/mol. The summed E-state index contributed by atoms with van der Waals surface area (Å²) in [6.45, 7) is 5.44. The molecule has 16 heavy (non-hydrogen) atoms. The van der Waals surface area contributed by atoms with Crippen molar-refractivity contribution >= 4 is 17.4 Å². The highest BCUT2D eigenvalue weighted by atomic mass is 16.3. The van der Waals surface area contributed by atoms with Gasteiger partial charge in [0.25, 0.3) is 5.78 Å². The van der Waals surface area contributed by atoms with Gasteiger partial charge in [0.15, 0.2) is 11.5 Å². The molecule has 0 spiro atoms. The predicted octanol–water partition coefficient (Wildman–Crippen LogP) is 1.19. The van der Waals surface area contributed by atoms with Crippen LogP contribution in [0.25, 0.3) is 0 Å². The Morgan fingerprint density at radius 2 is 2.00 bits per heavy atom. The molecule has 0 aromatic carbocycles. The van der Waals surface area contributed by atoms with Gasteiger partial charge in [0.2, 0.25) is 0 Å². The van der Waals surface area contributed by atoms with E-state index in [2.05, 4.69) is 5.10 Å². The molecule has 1 aromatic heterocycles. The first-order chi connectivity index (χ1) is 7.41. The Labute approximate surface area is 92.7 Å². The highest BCUT2D eigenvalue weighted by Gasteiger charge is 2.41. The SMILES string of the molecule is CC(C)(C)N1N=C(c2ccco2)C(=O)C1=O. The molecule has 1 amide bonds. The lowest BCUT2D eigenvalue weighted by Gasteiger charge is -2.26. The first kappa shape index (κ1) is 10.6. The zero-order valence-corrected chi connectivity index (χ0v) is 9.35. The molecule has 5 heteroatoms. The van der Waals surface area contributed by atoms with E-state index in [0.717, 1.165) is 0 Å². The summed E-state index contributed by atoms with van der Waals surface area (Å²) >= 11 is 0. The number of Topliss-reactive ketones (excluding diaryl/α,β-unsaturated/α-hetero) is 1. The fraction of sp³-hybridized carbons (Fsp3) is 0.364. The third kappa shape index (κ3) is 1.54. The molecule has 0 radical (unpaired) electrons. The molecule has 1 aromatic rings. The molecule has 0 fully saturated rings. The smallest absolute Gasteiger partial charge is 0.317 e. The van der Waals surface area contributed by atoms with Crippen LogP contribution >= 0.6 is 0 Å². The fourth-order valence-corrected chi connectivity index (χ4v) is 1.42. The normalized spacial score (nSPS) is 16.9. The molecule has 84 valence electrons. The molecular weight excluding hydrogens is 208 g/mol. The van der Waals surface area contributed by atoms with E-state index in [4.69, 9.17) is 4.42 Å². The maximum absolute atomic E-state index is 11.7. The van der Waals surface area contributed by atoms with E-state index < -0.39 is 17.2 Å². The van der Waals surface area contributed by atoms with Crippen molar-refractivity contribution in [3.8, 4) is 0 Å². The van der Waals surface area contributed by atoms with E-state index in [1.54, 1.807) is 12.1 Å². The van der Waals surface area contributed by atoms with E-state index >= 15 is 0 Å². The lowest BCUT2D eigenvalue weighted by Crippen LogP contribution is -2.41. The Morgan fingerprint density at radius 3 is 2.44 bits per heavy atom. The number of hydrogen-bond donors (Lipinski definition) is 0. The number of nitrogens with zero attached hydrogens (tertiary/aromatic N) is 2. The zero-order chi connectivity index (χ0) is 11.9. The Morgan fingerprint density at radius 1 is 1.31 bits per heavy atom. The van der Waals surface area contributed by atoms with Crippen LogP contribution in [0.4, 0.5) is 0 Å². The van der Waals surface area contributed by atoms with Crippen LogP contribution in [0.5, 0.6) is 0 Å². The van der Waals surface area contributed by atoms with Crippen LogP contribution in [0, 0.1) is 0 Å². The van der Waals surface area contributed by atoms with Gasteiger partial charge in [-0.1, -0.05) is 0 Å². The Hall–Kier alpha value is -1.91. The minimum Gasteiger partial charge on any atom is -0.462 e. The first-order valence-electron chi connectivity index (χ1n) is 4.92. The molecule has 0 bridgehead atoms. The lowest BCUT2D eigenvalue weighted by molar-refractivity contribution is -0.142. The second-order valence-electron chi connectivity index (χ2n) is 4.54. The van der Waals surface area contributed by atoms with Crippen LogP contribution in [0.2, 0.25) is 0 Å². The van der Waals surface area contributed by atoms with Gasteiger partial charge in [-0.2, -0.15) is 5.10 Å². The topological polar surface area (TPSA) is 62.9 Å². The van der Waals surface area contributed by atoms with E-state index in [-0.39, 0.29) is 5.71 Å². The Kier molecular flexibility index (Phi) is 2.18. The van der Waals surface area contributed by atoms with Gasteiger partial charge in [-0.05, 0) is 32.9 Å². The fourth-order valence-electron chi connectivity index (χ4n) is 1.42. The van der Waals surface area contributed by atoms with E-state index in [1.165, 1.54) is 11.3 Å². The second-order valence-corrected chi connectivity index (χ2v) is 4.54. The molecule has 0 atom stereocenters. The summed E-state index contributed by atoms with van der Waals surface area (Å²) in [4.78, 5) is 23.4. The molecule has 5 nitrogen and oxygen atoms in total. The second kappa shape index (κ2) is 3.30. The number of rotatable bonds is 1. The van der Waals surface area contributed by atoms with E-state index in [9.17, 15) is 9.59 Å². The summed E-state index contributed by atoms with van der Waals surface area (Å²) in [7, 11) is 0. The average Bonchev–Trinajstić information content (AvgIpc) is 2.75.